The van der Waals surface area contributed by atoms with Gasteiger partial charge in [-0.15, -0.1) is 24.0 Å². The van der Waals surface area contributed by atoms with Gasteiger partial charge in [-0.3, -0.25) is 4.99 Å². The van der Waals surface area contributed by atoms with E-state index in [0.717, 1.165) is 11.3 Å². The molecule has 0 fully saturated rings. The lowest BCUT2D eigenvalue weighted by Gasteiger charge is -2.12. The second-order valence-electron chi connectivity index (χ2n) is 4.95. The van der Waals surface area contributed by atoms with Crippen LogP contribution in [0.25, 0.3) is 0 Å². The van der Waals surface area contributed by atoms with Gasteiger partial charge >= 0.3 is 0 Å². The Bertz CT molecular complexity index is 608. The molecule has 0 saturated heterocycles. The first-order chi connectivity index (χ1) is 10.9. The van der Waals surface area contributed by atoms with Crippen molar-refractivity contribution in [2.24, 2.45) is 4.99 Å². The molecule has 0 aliphatic heterocycles. The highest BCUT2D eigenvalue weighted by Crippen LogP contribution is 2.11. The molecule has 1 aromatic rings. The third-order valence-corrected chi connectivity index (χ3v) is 3.86. The predicted octanol–water partition coefficient (Wildman–Crippen LogP) is 1.04. The Morgan fingerprint density at radius 1 is 1.25 bits per heavy atom. The van der Waals surface area contributed by atoms with Crippen molar-refractivity contribution in [2.45, 2.75) is 6.54 Å². The minimum atomic E-state index is -2.97. The molecular formula is C15H26IN3O4S. The van der Waals surface area contributed by atoms with Crippen LogP contribution in [0.2, 0.25) is 0 Å². The molecule has 9 heteroatoms. The summed E-state index contributed by atoms with van der Waals surface area (Å²) in [6.07, 6.45) is 1.19. The van der Waals surface area contributed by atoms with Gasteiger partial charge in [-0.2, -0.15) is 0 Å². The number of guanidine groups is 1. The highest BCUT2D eigenvalue weighted by Gasteiger charge is 2.02. The molecule has 1 rings (SSSR count). The van der Waals surface area contributed by atoms with Crippen molar-refractivity contribution in [2.75, 3.05) is 45.9 Å². The predicted molar refractivity (Wildman–Crippen MR) is 107 cm³/mol. The number of hydrogen-bond acceptors (Lipinski definition) is 5. The van der Waals surface area contributed by atoms with Gasteiger partial charge < -0.3 is 20.1 Å². The Hall–Kier alpha value is -1.07. The van der Waals surface area contributed by atoms with Crippen LogP contribution in [0.3, 0.4) is 0 Å². The molecule has 0 amide bonds. The first-order valence-electron chi connectivity index (χ1n) is 7.27. The number of aliphatic imine (C=N–C) groups is 1. The van der Waals surface area contributed by atoms with E-state index in [1.807, 2.05) is 24.3 Å². The highest BCUT2D eigenvalue weighted by atomic mass is 127. The fraction of sp³-hybridized carbons (Fsp3) is 0.533. The van der Waals surface area contributed by atoms with Gasteiger partial charge in [-0.25, -0.2) is 8.42 Å². The van der Waals surface area contributed by atoms with Gasteiger partial charge in [0.05, 0.1) is 26.1 Å². The second kappa shape index (κ2) is 12.3. The lowest BCUT2D eigenvalue weighted by molar-refractivity contribution is 0.154. The SMILES string of the molecule is CN=C(NCCOCCS(C)(=O)=O)NCc1cccc(OC)c1.I. The van der Waals surface area contributed by atoms with Crippen LogP contribution in [0.5, 0.6) is 5.75 Å². The summed E-state index contributed by atoms with van der Waals surface area (Å²) in [5, 5.41) is 6.28. The number of halogens is 1. The van der Waals surface area contributed by atoms with E-state index in [-0.39, 0.29) is 36.3 Å². The Balaban J connectivity index is 0.00000529. The molecule has 0 unspecified atom stereocenters. The van der Waals surface area contributed by atoms with E-state index in [2.05, 4.69) is 15.6 Å². The molecule has 0 aliphatic carbocycles. The van der Waals surface area contributed by atoms with E-state index in [1.165, 1.54) is 6.26 Å². The van der Waals surface area contributed by atoms with Gasteiger partial charge in [0, 0.05) is 26.4 Å². The zero-order valence-electron chi connectivity index (χ0n) is 14.2. The lowest BCUT2D eigenvalue weighted by atomic mass is 10.2. The van der Waals surface area contributed by atoms with Crippen molar-refractivity contribution in [1.82, 2.24) is 10.6 Å². The third kappa shape index (κ3) is 10.7. The summed E-state index contributed by atoms with van der Waals surface area (Å²) in [7, 11) is 0.353. The fourth-order valence-corrected chi connectivity index (χ4v) is 2.16. The average molecular weight is 471 g/mol. The lowest BCUT2D eigenvalue weighted by Crippen LogP contribution is -2.38. The van der Waals surface area contributed by atoms with Crippen LogP contribution in [-0.2, 0) is 21.1 Å². The Labute approximate surface area is 161 Å². The summed E-state index contributed by atoms with van der Waals surface area (Å²) in [5.74, 6) is 1.50. The number of nitrogens with zero attached hydrogens (tertiary/aromatic N) is 1. The Morgan fingerprint density at radius 3 is 2.62 bits per heavy atom. The first-order valence-corrected chi connectivity index (χ1v) is 9.33. The molecule has 0 aliphatic rings. The minimum Gasteiger partial charge on any atom is -0.497 e. The van der Waals surface area contributed by atoms with E-state index in [1.54, 1.807) is 14.2 Å². The summed E-state index contributed by atoms with van der Waals surface area (Å²) in [6, 6.07) is 7.78. The van der Waals surface area contributed by atoms with Crippen molar-refractivity contribution >= 4 is 39.8 Å². The van der Waals surface area contributed by atoms with Crippen molar-refractivity contribution in [3.8, 4) is 5.75 Å². The van der Waals surface area contributed by atoms with Gasteiger partial charge in [-0.05, 0) is 17.7 Å². The number of sulfone groups is 1. The van der Waals surface area contributed by atoms with Crippen LogP contribution in [-0.4, -0.2) is 60.3 Å². The largest absolute Gasteiger partial charge is 0.497 e. The molecular weight excluding hydrogens is 445 g/mol. The molecule has 0 heterocycles. The summed E-state index contributed by atoms with van der Waals surface area (Å²) in [5.41, 5.74) is 1.08. The van der Waals surface area contributed by atoms with Gasteiger partial charge in [0.1, 0.15) is 15.6 Å². The molecule has 0 aromatic heterocycles. The molecule has 1 aromatic carbocycles. The number of ether oxygens (including phenoxy) is 2. The summed E-state index contributed by atoms with van der Waals surface area (Å²) >= 11 is 0. The van der Waals surface area contributed by atoms with Crippen molar-refractivity contribution in [3.63, 3.8) is 0 Å². The molecule has 0 spiro atoms. The number of nitrogens with one attached hydrogen (secondary N) is 2. The second-order valence-corrected chi connectivity index (χ2v) is 7.21. The van der Waals surface area contributed by atoms with Gasteiger partial charge in [0.25, 0.3) is 0 Å². The summed E-state index contributed by atoms with van der Waals surface area (Å²) < 4.78 is 32.3. The van der Waals surface area contributed by atoms with E-state index < -0.39 is 9.84 Å². The molecule has 24 heavy (non-hydrogen) atoms. The number of hydrogen-bond donors (Lipinski definition) is 2. The molecule has 7 nitrogen and oxygen atoms in total. The Kier molecular flexibility index (Phi) is 11.8. The maximum absolute atomic E-state index is 11.0. The van der Waals surface area contributed by atoms with Gasteiger partial charge in [0.15, 0.2) is 5.96 Å². The van der Waals surface area contributed by atoms with Crippen LogP contribution in [0.1, 0.15) is 5.56 Å². The monoisotopic (exact) mass is 471 g/mol. The zero-order chi connectivity index (χ0) is 17.1. The van der Waals surface area contributed by atoms with E-state index in [9.17, 15) is 8.42 Å². The quantitative estimate of drug-likeness (QED) is 0.242. The van der Waals surface area contributed by atoms with Crippen molar-refractivity contribution in [3.05, 3.63) is 29.8 Å². The first kappa shape index (κ1) is 22.9. The Morgan fingerprint density at radius 2 is 2.00 bits per heavy atom. The molecule has 0 bridgehead atoms. The van der Waals surface area contributed by atoms with Crippen LogP contribution in [0.15, 0.2) is 29.3 Å². The molecule has 0 atom stereocenters. The molecule has 2 N–H and O–H groups in total. The smallest absolute Gasteiger partial charge is 0.191 e. The van der Waals surface area contributed by atoms with E-state index in [4.69, 9.17) is 9.47 Å². The van der Waals surface area contributed by atoms with Crippen LogP contribution in [0.4, 0.5) is 0 Å². The van der Waals surface area contributed by atoms with Gasteiger partial charge in [0.2, 0.25) is 0 Å². The van der Waals surface area contributed by atoms with Crippen LogP contribution >= 0.6 is 24.0 Å². The zero-order valence-corrected chi connectivity index (χ0v) is 17.4. The highest BCUT2D eigenvalue weighted by molar-refractivity contribution is 14.0. The maximum atomic E-state index is 11.0. The number of rotatable bonds is 9. The average Bonchev–Trinajstić information content (AvgIpc) is 2.52. The summed E-state index contributed by atoms with van der Waals surface area (Å²) in [6.45, 7) is 1.78. The van der Waals surface area contributed by atoms with E-state index >= 15 is 0 Å². The van der Waals surface area contributed by atoms with Crippen molar-refractivity contribution in [1.29, 1.82) is 0 Å². The fourth-order valence-electron chi connectivity index (χ4n) is 1.74. The van der Waals surface area contributed by atoms with E-state index in [0.29, 0.717) is 25.7 Å². The van der Waals surface area contributed by atoms with Crippen molar-refractivity contribution < 1.29 is 17.9 Å². The van der Waals surface area contributed by atoms with Crippen LogP contribution in [0, 0.1) is 0 Å². The topological polar surface area (TPSA) is 89.0 Å². The van der Waals surface area contributed by atoms with Crippen LogP contribution < -0.4 is 15.4 Å². The standard InChI is InChI=1S/C15H25N3O4S.HI/c1-16-15(17-7-8-22-9-10-23(3,19)20)18-12-13-5-4-6-14(11-13)21-2;/h4-6,11H,7-10,12H2,1-3H3,(H2,16,17,18);1H. The molecule has 0 radical (unpaired) electrons. The summed E-state index contributed by atoms with van der Waals surface area (Å²) in [4.78, 5) is 4.11. The minimum absolute atomic E-state index is 0. The maximum Gasteiger partial charge on any atom is 0.191 e. The van der Waals surface area contributed by atoms with Gasteiger partial charge in [-0.1, -0.05) is 12.1 Å². The third-order valence-electron chi connectivity index (χ3n) is 2.96. The number of methoxy groups -OCH3 is 1. The normalized spacial score (nSPS) is 11.5. The number of benzene rings is 1. The molecule has 0 saturated carbocycles. The molecule has 138 valence electrons.